The van der Waals surface area contributed by atoms with Crippen molar-refractivity contribution in [2.45, 2.75) is 18.1 Å². The summed E-state index contributed by atoms with van der Waals surface area (Å²) in [6, 6.07) is 7.06. The largest absolute Gasteiger partial charge is 0.490 e. The van der Waals surface area contributed by atoms with E-state index in [1.165, 1.54) is 6.42 Å². The zero-order valence-electron chi connectivity index (χ0n) is 11.2. The van der Waals surface area contributed by atoms with Crippen molar-refractivity contribution < 1.29 is 13.2 Å². The maximum Gasteiger partial charge on any atom is 0.214 e. The highest BCUT2D eigenvalue weighted by molar-refractivity contribution is 8.00. The van der Waals surface area contributed by atoms with Crippen molar-refractivity contribution in [3.8, 4) is 5.75 Å². The molecule has 1 aliphatic heterocycles. The van der Waals surface area contributed by atoms with Crippen LogP contribution in [0.1, 0.15) is 12.8 Å². The van der Waals surface area contributed by atoms with Crippen molar-refractivity contribution in [2.24, 2.45) is 0 Å². The monoisotopic (exact) mass is 316 g/mol. The minimum Gasteiger partial charge on any atom is -0.490 e. The van der Waals surface area contributed by atoms with E-state index in [1.54, 1.807) is 24.3 Å². The van der Waals surface area contributed by atoms with E-state index >= 15 is 0 Å². The van der Waals surface area contributed by atoms with Gasteiger partial charge < -0.3 is 10.5 Å². The number of nitrogen functional groups attached to an aromatic ring is 1. The van der Waals surface area contributed by atoms with E-state index < -0.39 is 10.0 Å². The van der Waals surface area contributed by atoms with Gasteiger partial charge >= 0.3 is 0 Å². The third kappa shape index (κ3) is 4.88. The Kier molecular flexibility index (Phi) is 5.56. The lowest BCUT2D eigenvalue weighted by Crippen LogP contribution is -2.33. The number of ether oxygens (including phenoxy) is 1. The molecule has 1 aliphatic rings. The van der Waals surface area contributed by atoms with Gasteiger partial charge in [-0.2, -0.15) is 11.8 Å². The number of sulfonamides is 1. The van der Waals surface area contributed by atoms with Gasteiger partial charge in [0.05, 0.1) is 11.4 Å². The van der Waals surface area contributed by atoms with Gasteiger partial charge in [0, 0.05) is 11.8 Å². The summed E-state index contributed by atoms with van der Waals surface area (Å²) in [6.07, 6.45) is 2.26. The topological polar surface area (TPSA) is 81.4 Å². The van der Waals surface area contributed by atoms with Gasteiger partial charge in [-0.1, -0.05) is 12.1 Å². The Labute approximate surface area is 124 Å². The van der Waals surface area contributed by atoms with E-state index in [9.17, 15) is 8.42 Å². The van der Waals surface area contributed by atoms with Gasteiger partial charge in [0.25, 0.3) is 0 Å². The van der Waals surface area contributed by atoms with E-state index in [0.717, 1.165) is 12.2 Å². The molecule has 3 N–H and O–H groups in total. The van der Waals surface area contributed by atoms with Crippen molar-refractivity contribution in [3.63, 3.8) is 0 Å². The summed E-state index contributed by atoms with van der Waals surface area (Å²) in [4.78, 5) is 0. The number of rotatable bonds is 7. The number of nitrogens with one attached hydrogen (secondary N) is 1. The van der Waals surface area contributed by atoms with Crippen LogP contribution in [0.2, 0.25) is 0 Å². The molecule has 0 bridgehead atoms. The molecular weight excluding hydrogens is 296 g/mol. The second kappa shape index (κ2) is 7.19. The standard InChI is InChI=1S/C13H20N2O3S2/c14-12-5-1-2-6-13(12)18-7-9-20(16,17)15-10-11-4-3-8-19-11/h1-2,5-6,11,15H,3-4,7-10,14H2. The molecule has 112 valence electrons. The Morgan fingerprint density at radius 3 is 2.90 bits per heavy atom. The summed E-state index contributed by atoms with van der Waals surface area (Å²) in [5.41, 5.74) is 6.23. The van der Waals surface area contributed by atoms with Gasteiger partial charge in [0.15, 0.2) is 0 Å². The molecule has 0 spiro atoms. The van der Waals surface area contributed by atoms with E-state index in [2.05, 4.69) is 4.72 Å². The zero-order valence-corrected chi connectivity index (χ0v) is 12.9. The van der Waals surface area contributed by atoms with Crippen LogP contribution < -0.4 is 15.2 Å². The fourth-order valence-corrected chi connectivity index (χ4v) is 4.18. The average molecular weight is 316 g/mol. The van der Waals surface area contributed by atoms with Gasteiger partial charge in [-0.05, 0) is 30.7 Å². The van der Waals surface area contributed by atoms with Crippen molar-refractivity contribution in [2.75, 3.05) is 30.4 Å². The van der Waals surface area contributed by atoms with Crippen LogP contribution in [0.15, 0.2) is 24.3 Å². The predicted molar refractivity (Wildman–Crippen MR) is 83.6 cm³/mol. The Bertz CT molecular complexity index is 528. The summed E-state index contributed by atoms with van der Waals surface area (Å²) in [7, 11) is -3.28. The van der Waals surface area contributed by atoms with Crippen LogP contribution in [0.5, 0.6) is 5.75 Å². The van der Waals surface area contributed by atoms with Gasteiger partial charge in [0.2, 0.25) is 10.0 Å². The van der Waals surface area contributed by atoms with Gasteiger partial charge in [-0.25, -0.2) is 13.1 Å². The van der Waals surface area contributed by atoms with Crippen LogP contribution in [0.3, 0.4) is 0 Å². The number of hydrogen-bond acceptors (Lipinski definition) is 5. The minimum atomic E-state index is -3.28. The SMILES string of the molecule is Nc1ccccc1OCCS(=O)(=O)NCC1CCCS1. The Morgan fingerprint density at radius 2 is 2.20 bits per heavy atom. The third-order valence-electron chi connectivity index (χ3n) is 3.08. The number of hydrogen-bond donors (Lipinski definition) is 2. The lowest BCUT2D eigenvalue weighted by molar-refractivity contribution is 0.342. The molecule has 20 heavy (non-hydrogen) atoms. The summed E-state index contributed by atoms with van der Waals surface area (Å²) >= 11 is 1.83. The van der Waals surface area contributed by atoms with E-state index in [0.29, 0.717) is 23.2 Å². The highest BCUT2D eigenvalue weighted by Gasteiger charge is 2.18. The van der Waals surface area contributed by atoms with Crippen LogP contribution in [-0.2, 0) is 10.0 Å². The number of anilines is 1. The Morgan fingerprint density at radius 1 is 1.40 bits per heavy atom. The molecule has 0 radical (unpaired) electrons. The first-order valence-corrected chi connectivity index (χ1v) is 9.33. The molecule has 7 heteroatoms. The second-order valence-electron chi connectivity index (χ2n) is 4.69. The second-order valence-corrected chi connectivity index (χ2v) is 8.02. The van der Waals surface area contributed by atoms with Gasteiger partial charge in [0.1, 0.15) is 12.4 Å². The first-order valence-electron chi connectivity index (χ1n) is 6.63. The minimum absolute atomic E-state index is 0.0568. The Balaban J connectivity index is 1.73. The molecule has 1 heterocycles. The van der Waals surface area contributed by atoms with Gasteiger partial charge in [-0.3, -0.25) is 0 Å². The first kappa shape index (κ1) is 15.5. The lowest BCUT2D eigenvalue weighted by Gasteiger charge is -2.12. The molecule has 1 unspecified atom stereocenters. The highest BCUT2D eigenvalue weighted by atomic mass is 32.2. The van der Waals surface area contributed by atoms with E-state index in [1.807, 2.05) is 11.8 Å². The Hall–Kier alpha value is -0.920. The van der Waals surface area contributed by atoms with Crippen LogP contribution in [0.4, 0.5) is 5.69 Å². The number of thioether (sulfide) groups is 1. The molecule has 1 atom stereocenters. The third-order valence-corrected chi connectivity index (χ3v) is 5.79. The molecule has 0 saturated carbocycles. The smallest absolute Gasteiger partial charge is 0.214 e. The molecule has 1 aromatic carbocycles. The van der Waals surface area contributed by atoms with E-state index in [-0.39, 0.29) is 12.4 Å². The lowest BCUT2D eigenvalue weighted by atomic mass is 10.2. The van der Waals surface area contributed by atoms with Crippen LogP contribution >= 0.6 is 11.8 Å². The van der Waals surface area contributed by atoms with Crippen LogP contribution in [0, 0.1) is 0 Å². The molecule has 0 aromatic heterocycles. The van der Waals surface area contributed by atoms with Gasteiger partial charge in [-0.15, -0.1) is 0 Å². The predicted octanol–water partition coefficient (Wildman–Crippen LogP) is 1.46. The van der Waals surface area contributed by atoms with Crippen LogP contribution in [0.25, 0.3) is 0 Å². The number of nitrogens with two attached hydrogens (primary N) is 1. The fraction of sp³-hybridized carbons (Fsp3) is 0.538. The normalized spacial score (nSPS) is 19.1. The van der Waals surface area contributed by atoms with Crippen molar-refractivity contribution in [1.29, 1.82) is 0 Å². The molecular formula is C13H20N2O3S2. The molecule has 1 aromatic rings. The average Bonchev–Trinajstić information content (AvgIpc) is 2.92. The molecule has 5 nitrogen and oxygen atoms in total. The molecule has 1 fully saturated rings. The highest BCUT2D eigenvalue weighted by Crippen LogP contribution is 2.25. The maximum absolute atomic E-state index is 11.8. The summed E-state index contributed by atoms with van der Waals surface area (Å²) < 4.78 is 31.7. The first-order chi connectivity index (χ1) is 9.57. The van der Waals surface area contributed by atoms with E-state index in [4.69, 9.17) is 10.5 Å². The quantitative estimate of drug-likeness (QED) is 0.744. The molecule has 0 aliphatic carbocycles. The fourth-order valence-electron chi connectivity index (χ4n) is 1.97. The maximum atomic E-state index is 11.8. The van der Waals surface area contributed by atoms with Crippen LogP contribution in [-0.4, -0.2) is 38.3 Å². The van der Waals surface area contributed by atoms with Crippen molar-refractivity contribution in [1.82, 2.24) is 4.72 Å². The summed E-state index contributed by atoms with van der Waals surface area (Å²) in [6.45, 7) is 0.613. The van der Waals surface area contributed by atoms with Crippen molar-refractivity contribution >= 4 is 27.5 Å². The number of para-hydroxylation sites is 2. The zero-order chi connectivity index (χ0) is 14.4. The summed E-state index contributed by atoms with van der Waals surface area (Å²) in [5.74, 6) is 1.59. The molecule has 0 amide bonds. The van der Waals surface area contributed by atoms with Crippen molar-refractivity contribution in [3.05, 3.63) is 24.3 Å². The number of benzene rings is 1. The summed E-state index contributed by atoms with van der Waals surface area (Å²) in [5, 5.41) is 0.412. The molecule has 2 rings (SSSR count). The molecule has 1 saturated heterocycles.